The fraction of sp³-hybridized carbons (Fsp3) is 0.316. The number of amides is 2. The molecule has 0 aromatic carbocycles. The smallest absolute Gasteiger partial charge is 0.333 e. The number of pyridine rings is 2. The van der Waals surface area contributed by atoms with E-state index in [4.69, 9.17) is 4.84 Å². The van der Waals surface area contributed by atoms with Gasteiger partial charge in [-0.3, -0.25) is 19.6 Å². The molecule has 1 aliphatic heterocycles. The van der Waals surface area contributed by atoms with Gasteiger partial charge in [0.2, 0.25) is 0 Å². The molecule has 0 radical (unpaired) electrons. The highest BCUT2D eigenvalue weighted by atomic mass is 16.7. The number of hydroxylamine groups is 2. The Morgan fingerprint density at radius 1 is 1.07 bits per heavy atom. The summed E-state index contributed by atoms with van der Waals surface area (Å²) in [4.78, 5) is 50.4. The van der Waals surface area contributed by atoms with Crippen molar-refractivity contribution in [2.24, 2.45) is 0 Å². The van der Waals surface area contributed by atoms with Crippen molar-refractivity contribution < 1.29 is 19.2 Å². The Balaban J connectivity index is 1.64. The largest absolute Gasteiger partial charge is 0.378 e. The molecule has 0 atom stereocenters. The molecule has 2 aromatic heterocycles. The average Bonchev–Trinajstić information content (AvgIpc) is 2.98. The second-order valence-corrected chi connectivity index (χ2v) is 6.39. The lowest BCUT2D eigenvalue weighted by Crippen LogP contribution is -2.32. The van der Waals surface area contributed by atoms with E-state index in [1.54, 1.807) is 18.5 Å². The molecule has 1 aliphatic rings. The summed E-state index contributed by atoms with van der Waals surface area (Å²) in [5.74, 6) is -1.58. The van der Waals surface area contributed by atoms with Gasteiger partial charge in [-0.15, -0.1) is 5.06 Å². The van der Waals surface area contributed by atoms with Crippen LogP contribution in [0.15, 0.2) is 36.7 Å². The third kappa shape index (κ3) is 4.46. The summed E-state index contributed by atoms with van der Waals surface area (Å²) >= 11 is 0. The summed E-state index contributed by atoms with van der Waals surface area (Å²) in [6.07, 6.45) is 4.00. The van der Waals surface area contributed by atoms with Crippen molar-refractivity contribution in [1.29, 1.82) is 0 Å². The molecule has 0 aliphatic carbocycles. The first-order valence-corrected chi connectivity index (χ1v) is 8.59. The van der Waals surface area contributed by atoms with Gasteiger partial charge in [0.05, 0.1) is 17.8 Å². The van der Waals surface area contributed by atoms with E-state index in [-0.39, 0.29) is 19.3 Å². The van der Waals surface area contributed by atoms with E-state index < -0.39 is 17.8 Å². The second kappa shape index (κ2) is 7.94. The van der Waals surface area contributed by atoms with Gasteiger partial charge in [0.15, 0.2) is 0 Å². The molecule has 140 valence electrons. The standard InChI is InChI=1S/C19H20N4O4/c1-22(2)14-8-10-21-16(12-14)15-11-13(7-9-20-15)3-6-19(26)27-23-17(24)4-5-18(23)25/h7-12H,3-6H2,1-2H3. The van der Waals surface area contributed by atoms with E-state index >= 15 is 0 Å². The zero-order valence-electron chi connectivity index (χ0n) is 15.2. The molecule has 0 saturated carbocycles. The lowest BCUT2D eigenvalue weighted by Gasteiger charge is -2.13. The maximum absolute atomic E-state index is 11.9. The Labute approximate surface area is 156 Å². The van der Waals surface area contributed by atoms with Gasteiger partial charge in [-0.05, 0) is 36.2 Å². The predicted octanol–water partition coefficient (Wildman–Crippen LogP) is 1.75. The summed E-state index contributed by atoms with van der Waals surface area (Å²) in [6.45, 7) is 0. The highest BCUT2D eigenvalue weighted by molar-refractivity contribution is 6.01. The number of aromatic nitrogens is 2. The molecule has 2 amide bonds. The van der Waals surface area contributed by atoms with E-state index in [1.165, 1.54) is 0 Å². The van der Waals surface area contributed by atoms with Crippen LogP contribution in [0.1, 0.15) is 24.8 Å². The molecule has 0 spiro atoms. The molecule has 8 heteroatoms. The maximum atomic E-state index is 11.9. The fourth-order valence-electron chi connectivity index (χ4n) is 2.66. The Morgan fingerprint density at radius 2 is 1.70 bits per heavy atom. The van der Waals surface area contributed by atoms with E-state index in [0.29, 0.717) is 17.2 Å². The number of anilines is 1. The number of carbonyl (C=O) groups is 3. The molecule has 1 saturated heterocycles. The number of hydrogen-bond donors (Lipinski definition) is 0. The number of aryl methyl sites for hydroxylation is 1. The first-order valence-electron chi connectivity index (χ1n) is 8.59. The molecule has 3 heterocycles. The summed E-state index contributed by atoms with van der Waals surface area (Å²) in [6, 6.07) is 7.51. The Hall–Kier alpha value is -3.29. The first-order chi connectivity index (χ1) is 12.9. The van der Waals surface area contributed by atoms with E-state index in [9.17, 15) is 14.4 Å². The lowest BCUT2D eigenvalue weighted by molar-refractivity contribution is -0.197. The van der Waals surface area contributed by atoms with Gasteiger partial charge in [0, 0.05) is 45.0 Å². The Morgan fingerprint density at radius 3 is 2.37 bits per heavy atom. The molecule has 2 aromatic rings. The van der Waals surface area contributed by atoms with Crippen LogP contribution < -0.4 is 4.90 Å². The number of hydrogen-bond acceptors (Lipinski definition) is 7. The number of carbonyl (C=O) groups excluding carboxylic acids is 3. The first kappa shape index (κ1) is 18.5. The number of nitrogens with zero attached hydrogens (tertiary/aromatic N) is 4. The lowest BCUT2D eigenvalue weighted by atomic mass is 10.1. The van der Waals surface area contributed by atoms with Crippen LogP contribution in [0.2, 0.25) is 0 Å². The van der Waals surface area contributed by atoms with E-state index in [1.807, 2.05) is 37.2 Å². The van der Waals surface area contributed by atoms with Crippen molar-refractivity contribution >= 4 is 23.5 Å². The van der Waals surface area contributed by atoms with Gasteiger partial charge in [-0.2, -0.15) is 0 Å². The van der Waals surface area contributed by atoms with Gasteiger partial charge < -0.3 is 9.74 Å². The van der Waals surface area contributed by atoms with Crippen LogP contribution in [-0.2, 0) is 25.6 Å². The quantitative estimate of drug-likeness (QED) is 0.717. The maximum Gasteiger partial charge on any atom is 0.333 e. The van der Waals surface area contributed by atoms with Crippen LogP contribution in [0.4, 0.5) is 5.69 Å². The van der Waals surface area contributed by atoms with Crippen LogP contribution in [-0.4, -0.2) is 46.9 Å². The fourth-order valence-corrected chi connectivity index (χ4v) is 2.66. The molecular weight excluding hydrogens is 348 g/mol. The van der Waals surface area contributed by atoms with Gasteiger partial charge in [0.1, 0.15) is 0 Å². The Bertz CT molecular complexity index is 866. The van der Waals surface area contributed by atoms with Crippen molar-refractivity contribution in [3.05, 3.63) is 42.2 Å². The van der Waals surface area contributed by atoms with Gasteiger partial charge >= 0.3 is 5.97 Å². The SMILES string of the molecule is CN(C)c1ccnc(-c2cc(CCC(=O)ON3C(=O)CCC3=O)ccn2)c1. The van der Waals surface area contributed by atoms with Crippen molar-refractivity contribution in [2.45, 2.75) is 25.7 Å². The minimum Gasteiger partial charge on any atom is -0.378 e. The van der Waals surface area contributed by atoms with Gasteiger partial charge in [-0.1, -0.05) is 0 Å². The molecule has 8 nitrogen and oxygen atoms in total. The molecular formula is C19H20N4O4. The summed E-state index contributed by atoms with van der Waals surface area (Å²) in [5.41, 5.74) is 3.33. The van der Waals surface area contributed by atoms with Crippen LogP contribution in [0.3, 0.4) is 0 Å². The van der Waals surface area contributed by atoms with Gasteiger partial charge in [0.25, 0.3) is 11.8 Å². The van der Waals surface area contributed by atoms with Crippen molar-refractivity contribution in [3.8, 4) is 11.4 Å². The van der Waals surface area contributed by atoms with Crippen LogP contribution >= 0.6 is 0 Å². The number of rotatable bonds is 6. The minimum atomic E-state index is -0.621. The van der Waals surface area contributed by atoms with E-state index in [2.05, 4.69) is 9.97 Å². The molecule has 3 rings (SSSR count). The molecule has 0 N–H and O–H groups in total. The highest BCUT2D eigenvalue weighted by Crippen LogP contribution is 2.21. The predicted molar refractivity (Wildman–Crippen MR) is 97.3 cm³/mol. The topological polar surface area (TPSA) is 92.7 Å². The number of imide groups is 1. The molecule has 0 bridgehead atoms. The van der Waals surface area contributed by atoms with Crippen molar-refractivity contribution in [3.63, 3.8) is 0 Å². The van der Waals surface area contributed by atoms with Gasteiger partial charge in [-0.25, -0.2) is 4.79 Å². The molecule has 27 heavy (non-hydrogen) atoms. The summed E-state index contributed by atoms with van der Waals surface area (Å²) in [7, 11) is 3.90. The third-order valence-electron chi connectivity index (χ3n) is 4.16. The zero-order valence-corrected chi connectivity index (χ0v) is 15.2. The Kier molecular flexibility index (Phi) is 5.44. The average molecular weight is 368 g/mol. The second-order valence-electron chi connectivity index (χ2n) is 6.39. The van der Waals surface area contributed by atoms with Crippen molar-refractivity contribution in [1.82, 2.24) is 15.0 Å². The van der Waals surface area contributed by atoms with E-state index in [0.717, 1.165) is 16.9 Å². The minimum absolute atomic E-state index is 0.0473. The highest BCUT2D eigenvalue weighted by Gasteiger charge is 2.32. The molecule has 0 unspecified atom stereocenters. The normalized spacial score (nSPS) is 13.8. The third-order valence-corrected chi connectivity index (χ3v) is 4.16. The summed E-state index contributed by atoms with van der Waals surface area (Å²) < 4.78 is 0. The van der Waals surface area contributed by atoms with Crippen molar-refractivity contribution in [2.75, 3.05) is 19.0 Å². The van der Waals surface area contributed by atoms with Crippen LogP contribution in [0, 0.1) is 0 Å². The monoisotopic (exact) mass is 368 g/mol. The van der Waals surface area contributed by atoms with Crippen LogP contribution in [0.5, 0.6) is 0 Å². The summed E-state index contributed by atoms with van der Waals surface area (Å²) in [5, 5.41) is 0.566. The van der Waals surface area contributed by atoms with Crippen LogP contribution in [0.25, 0.3) is 11.4 Å². The zero-order chi connectivity index (χ0) is 19.4. The molecule has 1 fully saturated rings.